The van der Waals surface area contributed by atoms with Crippen molar-refractivity contribution in [2.75, 3.05) is 19.7 Å². The molecule has 2 rings (SSSR count). The van der Waals surface area contributed by atoms with Gasteiger partial charge >= 0.3 is 5.97 Å². The Labute approximate surface area is 102 Å². The van der Waals surface area contributed by atoms with Crippen LogP contribution in [0, 0.1) is 0 Å². The summed E-state index contributed by atoms with van der Waals surface area (Å²) < 4.78 is 5.51. The van der Waals surface area contributed by atoms with Gasteiger partial charge in [0.05, 0.1) is 12.6 Å². The molecule has 4 heteroatoms. The van der Waals surface area contributed by atoms with Crippen LogP contribution in [0.3, 0.4) is 0 Å². The monoisotopic (exact) mass is 237 g/mol. The van der Waals surface area contributed by atoms with Crippen LogP contribution in [0.1, 0.15) is 20.3 Å². The second-order valence-electron chi connectivity index (χ2n) is 4.58. The van der Waals surface area contributed by atoms with E-state index in [4.69, 9.17) is 4.74 Å². The third kappa shape index (κ3) is 2.28. The number of hydrogen-bond acceptors (Lipinski definition) is 4. The van der Waals surface area contributed by atoms with Gasteiger partial charge < -0.3 is 9.84 Å². The number of ether oxygens (including phenoxy) is 1. The molecule has 0 spiro atoms. The molecule has 2 heterocycles. The first-order valence-electron chi connectivity index (χ1n) is 6.05. The summed E-state index contributed by atoms with van der Waals surface area (Å²) in [6.07, 6.45) is 4.53. The van der Waals surface area contributed by atoms with Crippen molar-refractivity contribution >= 4 is 5.97 Å². The van der Waals surface area contributed by atoms with Gasteiger partial charge in [-0.25, -0.2) is 4.79 Å². The van der Waals surface area contributed by atoms with Crippen LogP contribution >= 0.6 is 0 Å². The lowest BCUT2D eigenvalue weighted by Gasteiger charge is -2.23. The fourth-order valence-corrected chi connectivity index (χ4v) is 2.49. The Bertz CT molecular complexity index is 373. The first-order valence-corrected chi connectivity index (χ1v) is 6.05. The van der Waals surface area contributed by atoms with E-state index in [0.717, 1.165) is 25.1 Å². The van der Waals surface area contributed by atoms with Gasteiger partial charge in [0, 0.05) is 18.7 Å². The summed E-state index contributed by atoms with van der Waals surface area (Å²) >= 11 is 0. The summed E-state index contributed by atoms with van der Waals surface area (Å²) in [6.45, 7) is 5.42. The van der Waals surface area contributed by atoms with E-state index in [1.807, 2.05) is 13.0 Å². The molecule has 0 unspecified atom stereocenters. The topological polar surface area (TPSA) is 49.8 Å². The smallest absolute Gasteiger partial charge is 0.333 e. The highest BCUT2D eigenvalue weighted by molar-refractivity contribution is 5.87. The Morgan fingerprint density at radius 1 is 1.71 bits per heavy atom. The molecule has 1 fully saturated rings. The summed E-state index contributed by atoms with van der Waals surface area (Å²) in [4.78, 5) is 14.0. The van der Waals surface area contributed by atoms with E-state index in [9.17, 15) is 9.90 Å². The predicted molar refractivity (Wildman–Crippen MR) is 64.5 cm³/mol. The molecular formula is C13H19NO3. The van der Waals surface area contributed by atoms with Crippen LogP contribution in [0.15, 0.2) is 23.3 Å². The minimum Gasteiger partial charge on any atom is -0.457 e. The van der Waals surface area contributed by atoms with Crippen LogP contribution in [0.25, 0.3) is 0 Å². The molecule has 0 bridgehead atoms. The van der Waals surface area contributed by atoms with Gasteiger partial charge in [-0.05, 0) is 25.8 Å². The second-order valence-corrected chi connectivity index (χ2v) is 4.58. The van der Waals surface area contributed by atoms with E-state index in [2.05, 4.69) is 4.90 Å². The highest BCUT2D eigenvalue weighted by Gasteiger charge is 2.41. The minimum atomic E-state index is -0.247. The van der Waals surface area contributed by atoms with Gasteiger partial charge in [-0.3, -0.25) is 4.90 Å². The van der Waals surface area contributed by atoms with E-state index < -0.39 is 0 Å². The van der Waals surface area contributed by atoms with E-state index in [1.165, 1.54) is 0 Å². The van der Waals surface area contributed by atoms with E-state index in [-0.39, 0.29) is 24.7 Å². The molecule has 17 heavy (non-hydrogen) atoms. The Morgan fingerprint density at radius 3 is 3.12 bits per heavy atom. The number of nitrogens with zero attached hydrogens (tertiary/aromatic N) is 1. The maximum absolute atomic E-state index is 11.7. The maximum Gasteiger partial charge on any atom is 0.333 e. The van der Waals surface area contributed by atoms with Crippen molar-refractivity contribution in [3.63, 3.8) is 0 Å². The molecule has 0 radical (unpaired) electrons. The van der Waals surface area contributed by atoms with Crippen molar-refractivity contribution in [3.05, 3.63) is 23.3 Å². The van der Waals surface area contributed by atoms with Gasteiger partial charge in [0.1, 0.15) is 6.10 Å². The molecule has 2 aliphatic rings. The fourth-order valence-electron chi connectivity index (χ4n) is 2.49. The summed E-state index contributed by atoms with van der Waals surface area (Å²) in [7, 11) is 0. The predicted octanol–water partition coefficient (Wildman–Crippen LogP) is 0.871. The molecule has 0 aromatic carbocycles. The van der Waals surface area contributed by atoms with E-state index in [0.29, 0.717) is 5.57 Å². The average molecular weight is 237 g/mol. The van der Waals surface area contributed by atoms with Gasteiger partial charge in [0.15, 0.2) is 0 Å². The number of carbonyl (C=O) groups is 1. The molecule has 4 nitrogen and oxygen atoms in total. The molecule has 1 saturated heterocycles. The fraction of sp³-hybridized carbons (Fsp3) is 0.615. The molecule has 1 N–H and O–H groups in total. The Hall–Kier alpha value is -1.13. The molecule has 0 aliphatic carbocycles. The van der Waals surface area contributed by atoms with Crippen LogP contribution in [0.5, 0.6) is 0 Å². The number of allylic oxidation sites excluding steroid dienone is 1. The Kier molecular flexibility index (Phi) is 3.64. The number of aliphatic hydroxyl groups excluding tert-OH is 1. The van der Waals surface area contributed by atoms with Crippen molar-refractivity contribution in [2.45, 2.75) is 32.4 Å². The lowest BCUT2D eigenvalue weighted by Crippen LogP contribution is -2.35. The third-order valence-electron chi connectivity index (χ3n) is 3.61. The first kappa shape index (κ1) is 12.3. The van der Waals surface area contributed by atoms with Gasteiger partial charge in [-0.15, -0.1) is 0 Å². The number of carbonyl (C=O) groups excluding carboxylic acids is 1. The number of aliphatic hydroxyl groups is 1. The van der Waals surface area contributed by atoms with Crippen LogP contribution in [0.2, 0.25) is 0 Å². The number of hydrogen-bond donors (Lipinski definition) is 1. The number of fused-ring (bicyclic) bond motifs is 1. The summed E-state index contributed by atoms with van der Waals surface area (Å²) in [5.74, 6) is -0.247. The Morgan fingerprint density at radius 2 is 2.47 bits per heavy atom. The van der Waals surface area contributed by atoms with Gasteiger partial charge in [0.25, 0.3) is 0 Å². The largest absolute Gasteiger partial charge is 0.457 e. The van der Waals surface area contributed by atoms with Crippen molar-refractivity contribution < 1.29 is 14.6 Å². The normalized spacial score (nSPS) is 29.1. The average Bonchev–Trinajstić information content (AvgIpc) is 2.90. The number of esters is 1. The van der Waals surface area contributed by atoms with Crippen LogP contribution in [-0.2, 0) is 9.53 Å². The first-order chi connectivity index (χ1) is 8.17. The molecule has 0 aromatic heterocycles. The minimum absolute atomic E-state index is 0.0534. The van der Waals surface area contributed by atoms with Gasteiger partial charge in [-0.2, -0.15) is 0 Å². The highest BCUT2D eigenvalue weighted by Crippen LogP contribution is 2.31. The standard InChI is InChI=1S/C13H19NO3/c1-3-9(2)13(16)17-11-5-7-14-6-4-10(8-15)12(11)14/h3-4,11-12,15H,5-8H2,1-2H3/b9-3+/t11-,12-/m1/s1. The maximum atomic E-state index is 11.7. The SMILES string of the molecule is C/C=C(\C)C(=O)O[C@@H]1CCN2CC=C(CO)[C@H]12. The molecular weight excluding hydrogens is 218 g/mol. The van der Waals surface area contributed by atoms with Gasteiger partial charge in [-0.1, -0.05) is 12.2 Å². The molecule has 2 aliphatic heterocycles. The van der Waals surface area contributed by atoms with Gasteiger partial charge in [0.2, 0.25) is 0 Å². The summed E-state index contributed by atoms with van der Waals surface area (Å²) in [5.41, 5.74) is 1.62. The van der Waals surface area contributed by atoms with Crippen molar-refractivity contribution in [3.8, 4) is 0 Å². The molecule has 94 valence electrons. The molecule has 0 saturated carbocycles. The zero-order valence-corrected chi connectivity index (χ0v) is 10.3. The lowest BCUT2D eigenvalue weighted by molar-refractivity contribution is -0.144. The Balaban J connectivity index is 2.03. The quantitative estimate of drug-likeness (QED) is 0.449. The molecule has 0 amide bonds. The zero-order valence-electron chi connectivity index (χ0n) is 10.3. The zero-order chi connectivity index (χ0) is 12.4. The van der Waals surface area contributed by atoms with E-state index >= 15 is 0 Å². The highest BCUT2D eigenvalue weighted by atomic mass is 16.5. The van der Waals surface area contributed by atoms with Crippen molar-refractivity contribution in [1.29, 1.82) is 0 Å². The summed E-state index contributed by atoms with van der Waals surface area (Å²) in [6, 6.07) is 0.0913. The third-order valence-corrected chi connectivity index (χ3v) is 3.61. The van der Waals surface area contributed by atoms with Crippen LogP contribution in [-0.4, -0.2) is 47.8 Å². The second kappa shape index (κ2) is 5.02. The molecule has 0 aromatic rings. The van der Waals surface area contributed by atoms with Crippen LogP contribution in [0.4, 0.5) is 0 Å². The summed E-state index contributed by atoms with van der Waals surface area (Å²) in [5, 5.41) is 9.27. The van der Waals surface area contributed by atoms with Crippen molar-refractivity contribution in [1.82, 2.24) is 4.90 Å². The van der Waals surface area contributed by atoms with Crippen LogP contribution < -0.4 is 0 Å². The lowest BCUT2D eigenvalue weighted by atomic mass is 10.1. The van der Waals surface area contributed by atoms with E-state index in [1.54, 1.807) is 13.0 Å². The number of rotatable bonds is 3. The van der Waals surface area contributed by atoms with Crippen molar-refractivity contribution in [2.24, 2.45) is 0 Å². The molecule has 2 atom stereocenters.